The smallest absolute Gasteiger partial charge is 0.246 e. The number of nitrogens with zero attached hydrogens (tertiary/aromatic N) is 1. The van der Waals surface area contributed by atoms with Crippen molar-refractivity contribution in [1.29, 1.82) is 0 Å². The van der Waals surface area contributed by atoms with Crippen molar-refractivity contribution in [3.8, 4) is 0 Å². The van der Waals surface area contributed by atoms with E-state index in [1.165, 1.54) is 16.4 Å². The summed E-state index contributed by atoms with van der Waals surface area (Å²) >= 11 is 5.61. The highest BCUT2D eigenvalue weighted by atomic mass is 35.5. The molecule has 1 fully saturated rings. The molecular weight excluding hydrogens is 305 g/mol. The second-order valence-electron chi connectivity index (χ2n) is 4.66. The molecule has 0 bridgehead atoms. The molecule has 112 valence electrons. The Kier molecular flexibility index (Phi) is 5.01. The third kappa shape index (κ3) is 3.14. The molecule has 1 atom stereocenters. The Morgan fingerprint density at radius 1 is 1.50 bits per heavy atom. The summed E-state index contributed by atoms with van der Waals surface area (Å²) in [5.74, 6) is -0.616. The zero-order chi connectivity index (χ0) is 14.8. The molecule has 0 radical (unpaired) electrons. The van der Waals surface area contributed by atoms with Crippen LogP contribution in [0.3, 0.4) is 0 Å². The summed E-state index contributed by atoms with van der Waals surface area (Å²) in [7, 11) is -3.83. The highest BCUT2D eigenvalue weighted by Crippen LogP contribution is 2.23. The van der Waals surface area contributed by atoms with Crippen molar-refractivity contribution >= 4 is 21.6 Å². The van der Waals surface area contributed by atoms with Crippen molar-refractivity contribution < 1.29 is 17.5 Å². The van der Waals surface area contributed by atoms with Crippen molar-refractivity contribution in [2.75, 3.05) is 19.7 Å². The molecule has 20 heavy (non-hydrogen) atoms. The van der Waals surface area contributed by atoms with Gasteiger partial charge in [-0.15, -0.1) is 11.6 Å². The van der Waals surface area contributed by atoms with Crippen LogP contribution in [0.2, 0.25) is 0 Å². The van der Waals surface area contributed by atoms with Gasteiger partial charge in [0.05, 0.1) is 12.7 Å². The van der Waals surface area contributed by atoms with E-state index < -0.39 is 15.8 Å². The van der Waals surface area contributed by atoms with Crippen LogP contribution in [0.1, 0.15) is 18.9 Å². The molecule has 1 unspecified atom stereocenters. The van der Waals surface area contributed by atoms with Crippen molar-refractivity contribution in [2.45, 2.75) is 30.2 Å². The van der Waals surface area contributed by atoms with Gasteiger partial charge >= 0.3 is 0 Å². The van der Waals surface area contributed by atoms with E-state index >= 15 is 0 Å². The number of hydrogen-bond acceptors (Lipinski definition) is 3. The van der Waals surface area contributed by atoms with E-state index in [-0.39, 0.29) is 30.0 Å². The van der Waals surface area contributed by atoms with Gasteiger partial charge in [0.2, 0.25) is 10.0 Å². The summed E-state index contributed by atoms with van der Waals surface area (Å²) in [5, 5.41) is 0. The van der Waals surface area contributed by atoms with Crippen LogP contribution in [0, 0.1) is 5.82 Å². The van der Waals surface area contributed by atoms with E-state index in [4.69, 9.17) is 16.3 Å². The van der Waals surface area contributed by atoms with Crippen molar-refractivity contribution in [3.05, 3.63) is 29.6 Å². The predicted octanol–water partition coefficient (Wildman–Crippen LogP) is 2.36. The molecule has 7 heteroatoms. The molecule has 1 aromatic carbocycles. The molecular formula is C13H17ClFNO3S. The lowest BCUT2D eigenvalue weighted by molar-refractivity contribution is -0.00283. The average molecular weight is 322 g/mol. The summed E-state index contributed by atoms with van der Waals surface area (Å²) in [5.41, 5.74) is 0.552. The average Bonchev–Trinajstić information content (AvgIpc) is 2.46. The first kappa shape index (κ1) is 15.7. The summed E-state index contributed by atoms with van der Waals surface area (Å²) < 4.78 is 45.6. The Bertz CT molecular complexity index is 579. The molecule has 1 aliphatic rings. The first-order valence-corrected chi connectivity index (χ1v) is 8.42. The van der Waals surface area contributed by atoms with Crippen LogP contribution < -0.4 is 0 Å². The topological polar surface area (TPSA) is 46.6 Å². The van der Waals surface area contributed by atoms with Crippen LogP contribution in [0.5, 0.6) is 0 Å². The molecule has 1 heterocycles. The van der Waals surface area contributed by atoms with E-state index in [1.54, 1.807) is 0 Å². The van der Waals surface area contributed by atoms with E-state index in [1.807, 2.05) is 6.92 Å². The summed E-state index contributed by atoms with van der Waals surface area (Å²) in [6.45, 7) is 2.76. The van der Waals surface area contributed by atoms with Gasteiger partial charge in [0.1, 0.15) is 10.7 Å². The number of ether oxygens (including phenoxy) is 1. The standard InChI is InChI=1S/C13H17ClFNO3S/c1-2-11-9-16(5-6-19-11)20(17,18)13-4-3-10(8-14)7-12(13)15/h3-4,7,11H,2,5-6,8-9H2,1H3. The molecule has 0 aliphatic carbocycles. The van der Waals surface area contributed by atoms with E-state index in [0.717, 1.165) is 12.5 Å². The Morgan fingerprint density at radius 2 is 2.25 bits per heavy atom. The van der Waals surface area contributed by atoms with Crippen LogP contribution in [-0.4, -0.2) is 38.5 Å². The van der Waals surface area contributed by atoms with E-state index in [2.05, 4.69) is 0 Å². The molecule has 1 aliphatic heterocycles. The largest absolute Gasteiger partial charge is 0.375 e. The predicted molar refractivity (Wildman–Crippen MR) is 74.7 cm³/mol. The number of benzene rings is 1. The maximum atomic E-state index is 14.0. The lowest BCUT2D eigenvalue weighted by Crippen LogP contribution is -2.45. The number of hydrogen-bond donors (Lipinski definition) is 0. The molecule has 0 saturated carbocycles. The minimum absolute atomic E-state index is 0.135. The Morgan fingerprint density at radius 3 is 2.85 bits per heavy atom. The first-order valence-electron chi connectivity index (χ1n) is 6.45. The fourth-order valence-electron chi connectivity index (χ4n) is 2.13. The van der Waals surface area contributed by atoms with Gasteiger partial charge in [0.25, 0.3) is 0 Å². The fourth-order valence-corrected chi connectivity index (χ4v) is 3.80. The van der Waals surface area contributed by atoms with Crippen LogP contribution in [0.25, 0.3) is 0 Å². The molecule has 0 amide bonds. The number of alkyl halides is 1. The molecule has 1 saturated heterocycles. The monoisotopic (exact) mass is 321 g/mol. The summed E-state index contributed by atoms with van der Waals surface area (Å²) in [4.78, 5) is -0.303. The Hall–Kier alpha value is -0.690. The van der Waals surface area contributed by atoms with Gasteiger partial charge in [-0.2, -0.15) is 4.31 Å². The lowest BCUT2D eigenvalue weighted by Gasteiger charge is -2.31. The molecule has 0 N–H and O–H groups in total. The number of rotatable bonds is 4. The van der Waals surface area contributed by atoms with Gasteiger partial charge in [-0.1, -0.05) is 13.0 Å². The molecule has 4 nitrogen and oxygen atoms in total. The van der Waals surface area contributed by atoms with Crippen LogP contribution in [0.15, 0.2) is 23.1 Å². The van der Waals surface area contributed by atoms with Gasteiger partial charge in [-0.25, -0.2) is 12.8 Å². The number of sulfonamides is 1. The van der Waals surface area contributed by atoms with Crippen LogP contribution >= 0.6 is 11.6 Å². The lowest BCUT2D eigenvalue weighted by atomic mass is 10.2. The number of halogens is 2. The minimum atomic E-state index is -3.83. The first-order chi connectivity index (χ1) is 9.48. The van der Waals surface area contributed by atoms with Gasteiger partial charge < -0.3 is 4.74 Å². The van der Waals surface area contributed by atoms with E-state index in [0.29, 0.717) is 12.2 Å². The third-order valence-corrected chi connectivity index (χ3v) is 5.53. The van der Waals surface area contributed by atoms with Crippen molar-refractivity contribution in [3.63, 3.8) is 0 Å². The van der Waals surface area contributed by atoms with Crippen molar-refractivity contribution in [1.82, 2.24) is 4.31 Å². The maximum Gasteiger partial charge on any atom is 0.246 e. The Labute approximate surface area is 123 Å². The van der Waals surface area contributed by atoms with Crippen molar-refractivity contribution in [2.24, 2.45) is 0 Å². The molecule has 0 spiro atoms. The second-order valence-corrected chi connectivity index (χ2v) is 6.84. The maximum absolute atomic E-state index is 14.0. The van der Waals surface area contributed by atoms with Gasteiger partial charge in [-0.05, 0) is 24.1 Å². The van der Waals surface area contributed by atoms with Gasteiger partial charge in [0.15, 0.2) is 0 Å². The fraction of sp³-hybridized carbons (Fsp3) is 0.538. The zero-order valence-corrected chi connectivity index (χ0v) is 12.8. The quantitative estimate of drug-likeness (QED) is 0.800. The normalized spacial score (nSPS) is 21.1. The zero-order valence-electron chi connectivity index (χ0n) is 11.2. The molecule has 2 rings (SSSR count). The molecule has 1 aromatic rings. The highest BCUT2D eigenvalue weighted by molar-refractivity contribution is 7.89. The summed E-state index contributed by atoms with van der Waals surface area (Å²) in [6.07, 6.45) is 0.586. The SMILES string of the molecule is CCC1CN(S(=O)(=O)c2ccc(CCl)cc2F)CCO1. The minimum Gasteiger partial charge on any atom is -0.375 e. The van der Waals surface area contributed by atoms with Gasteiger partial charge in [-0.3, -0.25) is 0 Å². The third-order valence-electron chi connectivity index (χ3n) is 3.33. The number of morpholine rings is 1. The summed E-state index contributed by atoms with van der Waals surface area (Å²) in [6, 6.07) is 3.97. The highest BCUT2D eigenvalue weighted by Gasteiger charge is 2.32. The van der Waals surface area contributed by atoms with Crippen LogP contribution in [0.4, 0.5) is 4.39 Å². The molecule has 0 aromatic heterocycles. The second kappa shape index (κ2) is 6.39. The van der Waals surface area contributed by atoms with Crippen LogP contribution in [-0.2, 0) is 20.6 Å². The van der Waals surface area contributed by atoms with Gasteiger partial charge in [0, 0.05) is 19.0 Å². The Balaban J connectivity index is 2.30. The van der Waals surface area contributed by atoms with E-state index in [9.17, 15) is 12.8 Å².